The van der Waals surface area contributed by atoms with Crippen LogP contribution in [0, 0.1) is 11.8 Å². The fourth-order valence-electron chi connectivity index (χ4n) is 3.18. The van der Waals surface area contributed by atoms with E-state index in [4.69, 9.17) is 14.2 Å². The second-order valence-electron chi connectivity index (χ2n) is 9.19. The van der Waals surface area contributed by atoms with Gasteiger partial charge in [0.2, 0.25) is 18.1 Å². The van der Waals surface area contributed by atoms with E-state index in [1.54, 1.807) is 27.7 Å². The van der Waals surface area contributed by atoms with Gasteiger partial charge in [-0.2, -0.15) is 0 Å². The van der Waals surface area contributed by atoms with Crippen molar-refractivity contribution in [3.8, 4) is 5.75 Å². The van der Waals surface area contributed by atoms with Gasteiger partial charge in [-0.05, 0) is 17.7 Å². The van der Waals surface area contributed by atoms with Gasteiger partial charge in [0.15, 0.2) is 6.10 Å². The van der Waals surface area contributed by atoms with Gasteiger partial charge in [0.1, 0.15) is 30.7 Å². The smallest absolute Gasteiger partial charge is 0.335 e. The summed E-state index contributed by atoms with van der Waals surface area (Å²) in [6.07, 6.45) is -9.25. The largest absolute Gasteiger partial charge is 0.479 e. The molecule has 1 fully saturated rings. The Morgan fingerprint density at radius 2 is 1.68 bits per heavy atom. The van der Waals surface area contributed by atoms with Crippen molar-refractivity contribution in [1.29, 1.82) is 0 Å². The molecule has 1 aromatic rings. The highest BCUT2D eigenvalue weighted by atomic mass is 16.7. The van der Waals surface area contributed by atoms with E-state index in [1.165, 1.54) is 18.2 Å². The average Bonchev–Trinajstić information content (AvgIpc) is 2.83. The fourth-order valence-corrected chi connectivity index (χ4v) is 3.18. The molecule has 1 aliphatic rings. The lowest BCUT2D eigenvalue weighted by atomic mass is 9.99. The van der Waals surface area contributed by atoms with Crippen molar-refractivity contribution < 1.29 is 53.8 Å². The van der Waals surface area contributed by atoms with Crippen molar-refractivity contribution in [1.82, 2.24) is 5.32 Å². The number of amides is 2. The molecular weight excluding hydrogens is 492 g/mol. The minimum atomic E-state index is -1.90. The highest BCUT2D eigenvalue weighted by molar-refractivity contribution is 5.93. The van der Waals surface area contributed by atoms with Crippen molar-refractivity contribution in [3.63, 3.8) is 0 Å². The Morgan fingerprint density at radius 1 is 1.00 bits per heavy atom. The quantitative estimate of drug-likeness (QED) is 0.208. The lowest BCUT2D eigenvalue weighted by Crippen LogP contribution is -2.61. The second kappa shape index (κ2) is 13.3. The molecule has 0 spiro atoms. The number of carbonyl (C=O) groups is 4. The number of ether oxygens (including phenoxy) is 3. The number of nitrogens with one attached hydrogen (secondary N) is 2. The Bertz CT molecular complexity index is 981. The number of esters is 1. The Kier molecular flexibility index (Phi) is 10.8. The summed E-state index contributed by atoms with van der Waals surface area (Å²) in [4.78, 5) is 47.4. The third-order valence-electron chi connectivity index (χ3n) is 5.40. The summed E-state index contributed by atoms with van der Waals surface area (Å²) in [5.41, 5.74) is 0.551. The van der Waals surface area contributed by atoms with Crippen molar-refractivity contribution in [3.05, 3.63) is 23.8 Å². The molecule has 13 heteroatoms. The van der Waals surface area contributed by atoms with E-state index in [9.17, 15) is 39.6 Å². The molecule has 1 saturated heterocycles. The van der Waals surface area contributed by atoms with Crippen molar-refractivity contribution in [2.24, 2.45) is 11.8 Å². The van der Waals surface area contributed by atoms with Gasteiger partial charge in [-0.15, -0.1) is 0 Å². The minimum absolute atomic E-state index is 0.0599. The minimum Gasteiger partial charge on any atom is -0.479 e. The van der Waals surface area contributed by atoms with Gasteiger partial charge in [-0.3, -0.25) is 14.4 Å². The number of carboxylic acid groups (broad SMARTS) is 1. The number of rotatable bonds is 11. The predicted molar refractivity (Wildman–Crippen MR) is 127 cm³/mol. The number of carbonyl (C=O) groups excluding carboxylic acids is 3. The maximum absolute atomic E-state index is 12.5. The van der Waals surface area contributed by atoms with E-state index < -0.39 is 48.6 Å². The SMILES string of the molecule is CC(C)C(=O)NCCC(=O)Nc1cc(COC(=O)C(C)C)ccc1O[C@@H]1O[C@H](C(=O)O)[C@@H](O)[C@H](O)[C@H]1O. The van der Waals surface area contributed by atoms with Gasteiger partial charge in [-0.25, -0.2) is 4.79 Å². The molecule has 5 atom stereocenters. The summed E-state index contributed by atoms with van der Waals surface area (Å²) in [7, 11) is 0. The van der Waals surface area contributed by atoms with Gasteiger partial charge in [-0.1, -0.05) is 33.8 Å². The first kappa shape index (κ1) is 30.0. The van der Waals surface area contributed by atoms with Crippen LogP contribution in [0.2, 0.25) is 0 Å². The number of carboxylic acids is 1. The zero-order valence-electron chi connectivity index (χ0n) is 21.0. The van der Waals surface area contributed by atoms with Crippen LogP contribution >= 0.6 is 0 Å². The van der Waals surface area contributed by atoms with Gasteiger partial charge < -0.3 is 45.3 Å². The van der Waals surface area contributed by atoms with E-state index in [0.29, 0.717) is 5.56 Å². The van der Waals surface area contributed by atoms with Gasteiger partial charge in [0.05, 0.1) is 11.6 Å². The molecule has 0 aromatic heterocycles. The first-order valence-electron chi connectivity index (χ1n) is 11.8. The summed E-state index contributed by atoms with van der Waals surface area (Å²) in [5, 5.41) is 44.6. The molecular formula is C24H34N2O11. The van der Waals surface area contributed by atoms with Crippen LogP contribution in [0.25, 0.3) is 0 Å². The molecule has 0 radical (unpaired) electrons. The van der Waals surface area contributed by atoms with Crippen LogP contribution in [0.3, 0.4) is 0 Å². The Morgan fingerprint density at radius 3 is 2.27 bits per heavy atom. The Labute approximate surface area is 213 Å². The molecule has 13 nitrogen and oxygen atoms in total. The zero-order valence-corrected chi connectivity index (χ0v) is 21.0. The number of anilines is 1. The van der Waals surface area contributed by atoms with Gasteiger partial charge in [0, 0.05) is 18.9 Å². The van der Waals surface area contributed by atoms with Crippen LogP contribution in [-0.4, -0.2) is 81.4 Å². The normalized spacial score (nSPS) is 23.4. The Balaban J connectivity index is 2.23. The van der Waals surface area contributed by atoms with Crippen molar-refractivity contribution in [2.75, 3.05) is 11.9 Å². The monoisotopic (exact) mass is 526 g/mol. The van der Waals surface area contributed by atoms with Crippen LogP contribution in [0.5, 0.6) is 5.75 Å². The summed E-state index contributed by atoms with van der Waals surface area (Å²) in [5.74, 6) is -3.40. The van der Waals surface area contributed by atoms with Crippen molar-refractivity contribution >= 4 is 29.4 Å². The predicted octanol–water partition coefficient (Wildman–Crippen LogP) is -0.242. The van der Waals surface area contributed by atoms with Crippen LogP contribution in [-0.2, 0) is 35.3 Å². The van der Waals surface area contributed by atoms with E-state index in [2.05, 4.69) is 10.6 Å². The van der Waals surface area contributed by atoms with Crippen molar-refractivity contribution in [2.45, 2.75) is 71.4 Å². The zero-order chi connectivity index (χ0) is 27.9. The summed E-state index contributed by atoms with van der Waals surface area (Å²) in [6.45, 7) is 6.73. The Hall–Kier alpha value is -3.26. The van der Waals surface area contributed by atoms with Gasteiger partial charge >= 0.3 is 11.9 Å². The molecule has 1 aliphatic heterocycles. The standard InChI is InChI=1S/C24H34N2O11/c1-11(2)21(31)25-8-7-16(27)26-14-9-13(10-35-23(34)12(3)4)5-6-15(14)36-24-19(30)17(28)18(29)20(37-24)22(32)33/h5-6,9,11-12,17-20,24,28-30H,7-8,10H2,1-4H3,(H,25,31)(H,26,27)(H,32,33)/t17-,18-,19+,20-,24+/m0/s1. The molecule has 2 amide bonds. The van der Waals surface area contributed by atoms with Crippen LogP contribution in [0.4, 0.5) is 5.69 Å². The first-order valence-corrected chi connectivity index (χ1v) is 11.8. The van der Waals surface area contributed by atoms with Crippen LogP contribution < -0.4 is 15.4 Å². The molecule has 2 rings (SSSR count). The molecule has 6 N–H and O–H groups in total. The van der Waals surface area contributed by atoms with Gasteiger partial charge in [0.25, 0.3) is 0 Å². The number of hydrogen-bond acceptors (Lipinski definition) is 10. The molecule has 1 aromatic carbocycles. The molecule has 0 unspecified atom stereocenters. The first-order chi connectivity index (χ1) is 17.3. The lowest BCUT2D eigenvalue weighted by Gasteiger charge is -2.38. The number of hydrogen-bond donors (Lipinski definition) is 6. The maximum atomic E-state index is 12.5. The molecule has 0 aliphatic carbocycles. The number of aliphatic carboxylic acids is 1. The van der Waals surface area contributed by atoms with E-state index in [0.717, 1.165) is 0 Å². The highest BCUT2D eigenvalue weighted by Crippen LogP contribution is 2.31. The molecule has 0 bridgehead atoms. The number of aliphatic hydroxyl groups is 3. The summed E-state index contributed by atoms with van der Waals surface area (Å²) >= 11 is 0. The number of benzene rings is 1. The van der Waals surface area contributed by atoms with E-state index in [-0.39, 0.29) is 48.8 Å². The van der Waals surface area contributed by atoms with Crippen LogP contribution in [0.1, 0.15) is 39.7 Å². The fraction of sp³-hybridized carbons (Fsp3) is 0.583. The maximum Gasteiger partial charge on any atom is 0.335 e. The highest BCUT2D eigenvalue weighted by Gasteiger charge is 2.48. The second-order valence-corrected chi connectivity index (χ2v) is 9.19. The molecule has 206 valence electrons. The third-order valence-corrected chi connectivity index (χ3v) is 5.40. The lowest BCUT2D eigenvalue weighted by molar-refractivity contribution is -0.271. The summed E-state index contributed by atoms with van der Waals surface area (Å²) in [6, 6.07) is 4.33. The molecule has 0 saturated carbocycles. The number of aliphatic hydroxyl groups excluding tert-OH is 3. The molecule has 37 heavy (non-hydrogen) atoms. The van der Waals surface area contributed by atoms with Crippen LogP contribution in [0.15, 0.2) is 18.2 Å². The topological polar surface area (TPSA) is 201 Å². The summed E-state index contributed by atoms with van der Waals surface area (Å²) < 4.78 is 15.9. The molecule has 1 heterocycles. The van der Waals surface area contributed by atoms with E-state index >= 15 is 0 Å². The average molecular weight is 527 g/mol. The third kappa shape index (κ3) is 8.39. The van der Waals surface area contributed by atoms with E-state index in [1.807, 2.05) is 0 Å².